The number of benzene rings is 2. The van der Waals surface area contributed by atoms with Crippen molar-refractivity contribution in [3.05, 3.63) is 74.6 Å². The number of hydrogen-bond acceptors (Lipinski definition) is 6. The Labute approximate surface area is 193 Å². The number of fused-ring (bicyclic) bond motifs is 2. The summed E-state index contributed by atoms with van der Waals surface area (Å²) in [6, 6.07) is 11.0. The molecule has 2 aromatic carbocycles. The van der Waals surface area contributed by atoms with Gasteiger partial charge in [-0.25, -0.2) is 0 Å². The van der Waals surface area contributed by atoms with E-state index in [1.165, 1.54) is 0 Å². The van der Waals surface area contributed by atoms with Crippen LogP contribution in [0.1, 0.15) is 40.6 Å². The van der Waals surface area contributed by atoms with Gasteiger partial charge in [0.2, 0.25) is 5.76 Å². The second-order valence-electron chi connectivity index (χ2n) is 8.13. The third-order valence-corrected chi connectivity index (χ3v) is 6.16. The summed E-state index contributed by atoms with van der Waals surface area (Å²) < 4.78 is 17.0. The van der Waals surface area contributed by atoms with Crippen LogP contribution >= 0.6 is 11.6 Å². The highest BCUT2D eigenvalue weighted by molar-refractivity contribution is 6.31. The number of rotatable bonds is 6. The van der Waals surface area contributed by atoms with E-state index in [9.17, 15) is 14.4 Å². The van der Waals surface area contributed by atoms with E-state index in [2.05, 4.69) is 0 Å². The quantitative estimate of drug-likeness (QED) is 0.595. The van der Waals surface area contributed by atoms with Crippen molar-refractivity contribution >= 4 is 34.4 Å². The smallest absolute Gasteiger partial charge is 0.291 e. The lowest BCUT2D eigenvalue weighted by Gasteiger charge is -2.27. The molecule has 1 fully saturated rings. The first-order valence-electron chi connectivity index (χ1n) is 10.6. The number of hydrogen-bond donors (Lipinski definition) is 1. The van der Waals surface area contributed by atoms with Gasteiger partial charge in [-0.1, -0.05) is 23.7 Å². The maximum Gasteiger partial charge on any atom is 0.291 e. The van der Waals surface area contributed by atoms with Crippen LogP contribution in [-0.2, 0) is 9.53 Å². The summed E-state index contributed by atoms with van der Waals surface area (Å²) in [6.45, 7) is 0.742. The Morgan fingerprint density at radius 2 is 1.97 bits per heavy atom. The van der Waals surface area contributed by atoms with E-state index in [0.29, 0.717) is 40.5 Å². The van der Waals surface area contributed by atoms with Crippen molar-refractivity contribution in [1.29, 1.82) is 0 Å². The zero-order valence-electron chi connectivity index (χ0n) is 17.6. The molecular weight excluding hydrogens is 448 g/mol. The summed E-state index contributed by atoms with van der Waals surface area (Å²) in [5, 5.41) is 0.724. The highest BCUT2D eigenvalue weighted by Crippen LogP contribution is 2.39. The summed E-state index contributed by atoms with van der Waals surface area (Å²) in [5.41, 5.74) is 6.13. The monoisotopic (exact) mass is 468 g/mol. The molecule has 0 spiro atoms. The lowest BCUT2D eigenvalue weighted by Crippen LogP contribution is -2.36. The summed E-state index contributed by atoms with van der Waals surface area (Å²) >= 11 is 6.11. The molecule has 0 radical (unpaired) electrons. The third-order valence-electron chi connectivity index (χ3n) is 5.93. The highest BCUT2D eigenvalue weighted by Gasteiger charge is 2.43. The second kappa shape index (κ2) is 8.53. The molecule has 2 aliphatic rings. The number of carbonyl (C=O) groups is 2. The first-order chi connectivity index (χ1) is 15.9. The van der Waals surface area contributed by atoms with Crippen LogP contribution in [0.2, 0.25) is 5.02 Å². The number of ether oxygens (including phenoxy) is 2. The fourth-order valence-corrected chi connectivity index (χ4v) is 4.61. The Hall–Kier alpha value is -3.36. The molecule has 5 rings (SSSR count). The molecule has 170 valence electrons. The van der Waals surface area contributed by atoms with Crippen molar-refractivity contribution in [2.75, 3.05) is 19.8 Å². The summed E-state index contributed by atoms with van der Waals surface area (Å²) in [4.78, 5) is 39.6. The minimum absolute atomic E-state index is 0.0341. The molecule has 2 unspecified atom stereocenters. The zero-order chi connectivity index (χ0) is 23.1. The summed E-state index contributed by atoms with van der Waals surface area (Å²) in [7, 11) is 0. The predicted octanol–water partition coefficient (Wildman–Crippen LogP) is 3.03. The molecule has 2 N–H and O–H groups in total. The van der Waals surface area contributed by atoms with Crippen LogP contribution in [0.4, 0.5) is 0 Å². The number of nitrogens with two attached hydrogens (primary N) is 1. The maximum absolute atomic E-state index is 13.5. The Morgan fingerprint density at radius 1 is 1.18 bits per heavy atom. The van der Waals surface area contributed by atoms with Gasteiger partial charge in [0.05, 0.1) is 23.1 Å². The molecule has 2 aliphatic heterocycles. The largest absolute Gasteiger partial charge is 0.484 e. The van der Waals surface area contributed by atoms with Crippen molar-refractivity contribution in [2.24, 2.45) is 5.73 Å². The number of halogens is 1. The average Bonchev–Trinajstić information content (AvgIpc) is 3.41. The first kappa shape index (κ1) is 21.5. The van der Waals surface area contributed by atoms with Crippen LogP contribution in [0.3, 0.4) is 0 Å². The van der Waals surface area contributed by atoms with E-state index in [-0.39, 0.29) is 35.4 Å². The number of carbonyl (C=O) groups excluding carboxylic acids is 2. The van der Waals surface area contributed by atoms with Crippen molar-refractivity contribution in [2.45, 2.75) is 25.0 Å². The maximum atomic E-state index is 13.5. The third kappa shape index (κ3) is 3.96. The molecule has 2 atom stereocenters. The van der Waals surface area contributed by atoms with Crippen LogP contribution in [0.15, 0.2) is 51.7 Å². The minimum atomic E-state index is -0.651. The van der Waals surface area contributed by atoms with Crippen LogP contribution in [0, 0.1) is 0 Å². The van der Waals surface area contributed by atoms with E-state index in [1.807, 2.05) is 0 Å². The first-order valence-corrected chi connectivity index (χ1v) is 11.0. The molecule has 2 amide bonds. The molecule has 8 nitrogen and oxygen atoms in total. The van der Waals surface area contributed by atoms with Crippen molar-refractivity contribution in [3.8, 4) is 5.75 Å². The molecular formula is C24H21ClN2O6. The summed E-state index contributed by atoms with van der Waals surface area (Å²) in [5.74, 6) is -0.453. The Balaban J connectivity index is 1.60. The van der Waals surface area contributed by atoms with Gasteiger partial charge in [-0.3, -0.25) is 14.4 Å². The van der Waals surface area contributed by atoms with Crippen LogP contribution in [0.5, 0.6) is 5.75 Å². The molecule has 1 saturated heterocycles. The van der Waals surface area contributed by atoms with Gasteiger partial charge >= 0.3 is 0 Å². The topological polar surface area (TPSA) is 112 Å². The fraction of sp³-hybridized carbons (Fsp3) is 0.292. The zero-order valence-corrected chi connectivity index (χ0v) is 18.3. The lowest BCUT2D eigenvalue weighted by atomic mass is 9.98. The molecule has 9 heteroatoms. The molecule has 33 heavy (non-hydrogen) atoms. The van der Waals surface area contributed by atoms with Gasteiger partial charge in [0.1, 0.15) is 11.3 Å². The van der Waals surface area contributed by atoms with Gasteiger partial charge < -0.3 is 24.5 Å². The normalized spacial score (nSPS) is 19.8. The van der Waals surface area contributed by atoms with Gasteiger partial charge in [0, 0.05) is 18.2 Å². The van der Waals surface area contributed by atoms with Gasteiger partial charge in [-0.15, -0.1) is 0 Å². The molecule has 0 saturated carbocycles. The molecule has 1 aromatic heterocycles. The predicted molar refractivity (Wildman–Crippen MR) is 120 cm³/mol. The molecule has 3 aromatic rings. The molecule has 0 bridgehead atoms. The van der Waals surface area contributed by atoms with Crippen LogP contribution < -0.4 is 15.9 Å². The standard InChI is InChI=1S/C24H21ClN2O6/c25-14-5-8-18-17(10-14)22(29)20-21(13-3-6-15(7-4-13)32-12-19(26)28)27(24(30)23(20)33-18)11-16-2-1-9-31-16/h3-8,10,16,21H,1-2,9,11-12H2,(H2,26,28). The fourth-order valence-electron chi connectivity index (χ4n) is 4.44. The van der Waals surface area contributed by atoms with E-state index < -0.39 is 11.9 Å². The summed E-state index contributed by atoms with van der Waals surface area (Å²) in [6.07, 6.45) is 1.66. The van der Waals surface area contributed by atoms with Crippen LogP contribution in [0.25, 0.3) is 11.0 Å². The van der Waals surface area contributed by atoms with Crippen molar-refractivity contribution in [1.82, 2.24) is 4.90 Å². The van der Waals surface area contributed by atoms with Crippen molar-refractivity contribution < 1.29 is 23.5 Å². The Bertz CT molecular complexity index is 1300. The van der Waals surface area contributed by atoms with Gasteiger partial charge in [0.15, 0.2) is 12.0 Å². The van der Waals surface area contributed by atoms with E-state index >= 15 is 0 Å². The van der Waals surface area contributed by atoms with Crippen LogP contribution in [-0.4, -0.2) is 42.6 Å². The van der Waals surface area contributed by atoms with Gasteiger partial charge in [0.25, 0.3) is 11.8 Å². The lowest BCUT2D eigenvalue weighted by molar-refractivity contribution is -0.119. The van der Waals surface area contributed by atoms with E-state index in [4.69, 9.17) is 31.2 Å². The van der Waals surface area contributed by atoms with E-state index in [0.717, 1.165) is 12.8 Å². The second-order valence-corrected chi connectivity index (χ2v) is 8.57. The number of amides is 2. The van der Waals surface area contributed by atoms with Crippen molar-refractivity contribution in [3.63, 3.8) is 0 Å². The Morgan fingerprint density at radius 3 is 2.67 bits per heavy atom. The Kier molecular flexibility index (Phi) is 5.55. The molecule has 3 heterocycles. The SMILES string of the molecule is NC(=O)COc1ccc(C2c3c(oc4ccc(Cl)cc4c3=O)C(=O)N2CC2CCCO2)cc1. The van der Waals surface area contributed by atoms with Gasteiger partial charge in [-0.2, -0.15) is 0 Å². The number of nitrogens with zero attached hydrogens (tertiary/aromatic N) is 1. The molecule has 0 aliphatic carbocycles. The average molecular weight is 469 g/mol. The number of primary amides is 1. The van der Waals surface area contributed by atoms with Gasteiger partial charge in [-0.05, 0) is 48.7 Å². The minimum Gasteiger partial charge on any atom is -0.484 e. The van der Waals surface area contributed by atoms with E-state index in [1.54, 1.807) is 47.4 Å². The highest BCUT2D eigenvalue weighted by atomic mass is 35.5.